The summed E-state index contributed by atoms with van der Waals surface area (Å²) in [4.78, 5) is 23.7. The summed E-state index contributed by atoms with van der Waals surface area (Å²) in [6.45, 7) is 1.93. The van der Waals surface area contributed by atoms with E-state index in [-0.39, 0.29) is 12.5 Å². The summed E-state index contributed by atoms with van der Waals surface area (Å²) in [6.07, 6.45) is 3.06. The Labute approximate surface area is 127 Å². The predicted octanol–water partition coefficient (Wildman–Crippen LogP) is 2.44. The molecule has 6 nitrogen and oxygen atoms in total. The molecule has 0 unspecified atom stereocenters. The number of methoxy groups -OCH3 is 1. The zero-order valence-electron chi connectivity index (χ0n) is 10.8. The van der Waals surface area contributed by atoms with Gasteiger partial charge in [-0.3, -0.25) is 14.3 Å². The minimum atomic E-state index is -0.399. The van der Waals surface area contributed by atoms with Gasteiger partial charge in [0, 0.05) is 6.20 Å². The molecule has 0 aliphatic rings. The van der Waals surface area contributed by atoms with Crippen molar-refractivity contribution in [3.63, 3.8) is 0 Å². The molecule has 0 atom stereocenters. The fraction of sp³-hybridized carbons (Fsp3) is 0.250. The van der Waals surface area contributed by atoms with E-state index in [1.165, 1.54) is 29.3 Å². The number of aryl methyl sites for hydroxylation is 1. The van der Waals surface area contributed by atoms with Gasteiger partial charge < -0.3 is 10.1 Å². The zero-order valence-corrected chi connectivity index (χ0v) is 13.2. The Morgan fingerprint density at radius 3 is 2.90 bits per heavy atom. The maximum Gasteiger partial charge on any atom is 0.327 e. The minimum absolute atomic E-state index is 0.00995. The molecule has 0 radical (unpaired) electrons. The third-order valence-corrected chi connectivity index (χ3v) is 4.63. The fourth-order valence-corrected chi connectivity index (χ4v) is 2.91. The molecule has 2 aromatic rings. The first-order valence-corrected chi connectivity index (χ1v) is 7.27. The van der Waals surface area contributed by atoms with E-state index in [1.807, 2.05) is 13.0 Å². The molecule has 0 bridgehead atoms. The number of thiophene rings is 1. The van der Waals surface area contributed by atoms with Crippen LogP contribution >= 0.6 is 27.3 Å². The molecule has 0 aliphatic carbocycles. The van der Waals surface area contributed by atoms with E-state index in [0.717, 1.165) is 9.35 Å². The molecule has 0 spiro atoms. The molecule has 0 saturated carbocycles. The van der Waals surface area contributed by atoms with Crippen molar-refractivity contribution >= 4 is 44.8 Å². The van der Waals surface area contributed by atoms with Gasteiger partial charge in [-0.1, -0.05) is 0 Å². The molecule has 0 fully saturated rings. The van der Waals surface area contributed by atoms with Crippen LogP contribution < -0.4 is 5.32 Å². The highest BCUT2D eigenvalue weighted by Gasteiger charge is 2.12. The summed E-state index contributed by atoms with van der Waals surface area (Å²) in [5.74, 6) is -0.606. The van der Waals surface area contributed by atoms with E-state index >= 15 is 0 Å². The number of rotatable bonds is 4. The van der Waals surface area contributed by atoms with Crippen molar-refractivity contribution in [3.8, 4) is 0 Å². The lowest BCUT2D eigenvalue weighted by molar-refractivity contribution is -0.141. The number of nitrogens with zero attached hydrogens (tertiary/aromatic N) is 2. The number of carbonyl (C=O) groups excluding carboxylic acids is 2. The average molecular weight is 358 g/mol. The van der Waals surface area contributed by atoms with Crippen LogP contribution in [0.1, 0.15) is 15.2 Å². The largest absolute Gasteiger partial charge is 0.468 e. The molecule has 106 valence electrons. The van der Waals surface area contributed by atoms with Crippen LogP contribution in [0.5, 0.6) is 0 Å². The highest BCUT2D eigenvalue weighted by molar-refractivity contribution is 9.11. The van der Waals surface area contributed by atoms with Crippen LogP contribution in [0.25, 0.3) is 0 Å². The van der Waals surface area contributed by atoms with Crippen molar-refractivity contribution in [2.24, 2.45) is 0 Å². The van der Waals surface area contributed by atoms with Crippen molar-refractivity contribution in [3.05, 3.63) is 32.7 Å². The third-order valence-electron chi connectivity index (χ3n) is 2.49. The lowest BCUT2D eigenvalue weighted by atomic mass is 10.3. The van der Waals surface area contributed by atoms with Crippen LogP contribution in [0.4, 0.5) is 5.69 Å². The Bertz CT molecular complexity index is 631. The van der Waals surface area contributed by atoms with Crippen molar-refractivity contribution in [2.75, 3.05) is 12.4 Å². The van der Waals surface area contributed by atoms with E-state index in [2.05, 4.69) is 31.1 Å². The Hall–Kier alpha value is -1.67. The van der Waals surface area contributed by atoms with Gasteiger partial charge in [-0.15, -0.1) is 11.3 Å². The quantitative estimate of drug-likeness (QED) is 0.852. The summed E-state index contributed by atoms with van der Waals surface area (Å²) >= 11 is 4.75. The lowest BCUT2D eigenvalue weighted by Gasteiger charge is -2.00. The Balaban J connectivity index is 2.03. The second-order valence-corrected chi connectivity index (χ2v) is 6.39. The SMILES string of the molecule is COC(=O)Cn1cc(NC(=O)c2cc(C)c(Br)s2)cn1. The molecule has 1 N–H and O–H groups in total. The first kappa shape index (κ1) is 14.7. The second kappa shape index (κ2) is 6.19. The zero-order chi connectivity index (χ0) is 14.7. The standard InChI is InChI=1S/C12H12BrN3O3S/c1-7-3-9(20-11(7)13)12(18)15-8-4-14-16(5-8)6-10(17)19-2/h3-5H,6H2,1-2H3,(H,15,18). The van der Waals surface area contributed by atoms with Gasteiger partial charge in [0.15, 0.2) is 0 Å². The van der Waals surface area contributed by atoms with Crippen LogP contribution in [0.3, 0.4) is 0 Å². The number of aromatic nitrogens is 2. The van der Waals surface area contributed by atoms with Gasteiger partial charge in [0.05, 0.1) is 27.7 Å². The number of ether oxygens (including phenoxy) is 1. The highest BCUT2D eigenvalue weighted by atomic mass is 79.9. The first-order chi connectivity index (χ1) is 9.49. The molecule has 0 aliphatic heterocycles. The van der Waals surface area contributed by atoms with E-state index < -0.39 is 5.97 Å². The van der Waals surface area contributed by atoms with Gasteiger partial charge in [0.2, 0.25) is 0 Å². The van der Waals surface area contributed by atoms with Crippen LogP contribution in [0.15, 0.2) is 22.2 Å². The van der Waals surface area contributed by atoms with Crippen LogP contribution in [-0.4, -0.2) is 28.8 Å². The summed E-state index contributed by atoms with van der Waals surface area (Å²) in [7, 11) is 1.31. The number of hydrogen-bond donors (Lipinski definition) is 1. The van der Waals surface area contributed by atoms with E-state index in [9.17, 15) is 9.59 Å². The van der Waals surface area contributed by atoms with Crippen molar-refractivity contribution < 1.29 is 14.3 Å². The van der Waals surface area contributed by atoms with Gasteiger partial charge in [0.1, 0.15) is 6.54 Å². The van der Waals surface area contributed by atoms with Crippen LogP contribution in [0.2, 0.25) is 0 Å². The van der Waals surface area contributed by atoms with Crippen molar-refractivity contribution in [1.29, 1.82) is 0 Å². The molecule has 2 aromatic heterocycles. The Morgan fingerprint density at radius 2 is 2.30 bits per heavy atom. The van der Waals surface area contributed by atoms with Gasteiger partial charge >= 0.3 is 5.97 Å². The monoisotopic (exact) mass is 357 g/mol. The number of halogens is 1. The first-order valence-electron chi connectivity index (χ1n) is 5.66. The molecule has 20 heavy (non-hydrogen) atoms. The molecule has 1 amide bonds. The van der Waals surface area contributed by atoms with Gasteiger partial charge in [-0.2, -0.15) is 5.10 Å². The maximum atomic E-state index is 12.0. The molecule has 8 heteroatoms. The molecule has 0 aromatic carbocycles. The van der Waals surface area contributed by atoms with Gasteiger partial charge in [0.25, 0.3) is 5.91 Å². The van der Waals surface area contributed by atoms with E-state index in [0.29, 0.717) is 10.6 Å². The highest BCUT2D eigenvalue weighted by Crippen LogP contribution is 2.27. The minimum Gasteiger partial charge on any atom is -0.468 e. The van der Waals surface area contributed by atoms with E-state index in [4.69, 9.17) is 0 Å². The normalized spacial score (nSPS) is 10.3. The van der Waals surface area contributed by atoms with Crippen LogP contribution in [-0.2, 0) is 16.1 Å². The summed E-state index contributed by atoms with van der Waals surface area (Å²) in [5.41, 5.74) is 1.54. The summed E-state index contributed by atoms with van der Waals surface area (Å²) < 4.78 is 6.87. The maximum absolute atomic E-state index is 12.0. The average Bonchev–Trinajstić information content (AvgIpc) is 2.97. The Morgan fingerprint density at radius 1 is 1.55 bits per heavy atom. The number of nitrogens with one attached hydrogen (secondary N) is 1. The number of carbonyl (C=O) groups is 2. The smallest absolute Gasteiger partial charge is 0.327 e. The number of hydrogen-bond acceptors (Lipinski definition) is 5. The summed E-state index contributed by atoms with van der Waals surface area (Å²) in [6, 6.07) is 1.81. The predicted molar refractivity (Wildman–Crippen MR) is 79.0 cm³/mol. The number of amides is 1. The summed E-state index contributed by atoms with van der Waals surface area (Å²) in [5, 5.41) is 6.69. The lowest BCUT2D eigenvalue weighted by Crippen LogP contribution is -2.12. The topological polar surface area (TPSA) is 73.2 Å². The van der Waals surface area contributed by atoms with Crippen molar-refractivity contribution in [2.45, 2.75) is 13.5 Å². The van der Waals surface area contributed by atoms with Crippen LogP contribution in [0, 0.1) is 6.92 Å². The molecule has 2 heterocycles. The molecule has 0 saturated heterocycles. The number of esters is 1. The van der Waals surface area contributed by atoms with Crippen molar-refractivity contribution in [1.82, 2.24) is 9.78 Å². The van der Waals surface area contributed by atoms with E-state index in [1.54, 1.807) is 6.20 Å². The molecular formula is C12H12BrN3O3S. The van der Waals surface area contributed by atoms with Gasteiger partial charge in [-0.25, -0.2) is 0 Å². The number of anilines is 1. The van der Waals surface area contributed by atoms with Gasteiger partial charge in [-0.05, 0) is 34.5 Å². The fourth-order valence-electron chi connectivity index (χ4n) is 1.48. The Kier molecular flexibility index (Phi) is 4.56. The molecule has 2 rings (SSSR count). The molecular weight excluding hydrogens is 346 g/mol. The second-order valence-electron chi connectivity index (χ2n) is 4.02. The third kappa shape index (κ3) is 3.45.